The van der Waals surface area contributed by atoms with E-state index in [1.165, 1.54) is 18.3 Å². The Hall–Kier alpha value is -2.99. The van der Waals surface area contributed by atoms with E-state index < -0.39 is 38.6 Å². The van der Waals surface area contributed by atoms with Crippen LogP contribution in [0.15, 0.2) is 54.1 Å². The fraction of sp³-hybridized carbons (Fsp3) is 0.350. The molecule has 1 saturated carbocycles. The van der Waals surface area contributed by atoms with Gasteiger partial charge >= 0.3 is 6.18 Å². The quantitative estimate of drug-likeness (QED) is 0.594. The minimum absolute atomic E-state index is 0.000359. The Morgan fingerprint density at radius 3 is 2.56 bits per heavy atom. The lowest BCUT2D eigenvalue weighted by atomic mass is 9.91. The van der Waals surface area contributed by atoms with Gasteiger partial charge in [-0.05, 0) is 61.6 Å². The molecule has 4 rings (SSSR count). The Kier molecular flexibility index (Phi) is 5.91. The number of alkyl halides is 3. The van der Waals surface area contributed by atoms with Crippen molar-refractivity contribution in [3.05, 3.63) is 54.7 Å². The van der Waals surface area contributed by atoms with E-state index in [1.54, 1.807) is 17.2 Å². The molecule has 2 aromatic heterocycles. The molecule has 8 nitrogen and oxygen atoms in total. The molecular weight excluding hydrogens is 447 g/mol. The van der Waals surface area contributed by atoms with Crippen LogP contribution >= 0.6 is 0 Å². The number of aromatic nitrogens is 4. The molecule has 0 saturated heterocycles. The van der Waals surface area contributed by atoms with Gasteiger partial charge in [0.2, 0.25) is 15.9 Å². The second kappa shape index (κ2) is 8.51. The van der Waals surface area contributed by atoms with E-state index in [1.807, 2.05) is 0 Å². The van der Waals surface area contributed by atoms with Gasteiger partial charge < -0.3 is 9.67 Å². The molecule has 12 heteroatoms. The summed E-state index contributed by atoms with van der Waals surface area (Å²) in [7, 11) is -4.27. The third kappa shape index (κ3) is 4.75. The number of aromatic hydroxyl groups is 1. The molecule has 2 N–H and O–H groups in total. The first-order valence-electron chi connectivity index (χ1n) is 9.86. The van der Waals surface area contributed by atoms with Crippen LogP contribution < -0.4 is 4.72 Å². The molecule has 1 aliphatic carbocycles. The molecule has 0 radical (unpaired) electrons. The third-order valence-electron chi connectivity index (χ3n) is 5.47. The molecular formula is C20H20F3N5O3S. The average Bonchev–Trinajstić information content (AvgIpc) is 3.28. The van der Waals surface area contributed by atoms with E-state index in [0.29, 0.717) is 18.9 Å². The van der Waals surface area contributed by atoms with Gasteiger partial charge in [0, 0.05) is 23.8 Å². The van der Waals surface area contributed by atoms with Gasteiger partial charge in [0.05, 0.1) is 10.5 Å². The molecule has 3 aromatic rings. The maximum Gasteiger partial charge on any atom is 0.416 e. The molecule has 2 atom stereocenters. The van der Waals surface area contributed by atoms with Gasteiger partial charge in [-0.3, -0.25) is 0 Å². The first-order valence-corrected chi connectivity index (χ1v) is 11.3. The minimum Gasteiger partial charge on any atom is -0.493 e. The maximum atomic E-state index is 13.5. The summed E-state index contributed by atoms with van der Waals surface area (Å²) in [5.74, 6) is -0.493. The second-order valence-electron chi connectivity index (χ2n) is 7.67. The lowest BCUT2D eigenvalue weighted by molar-refractivity contribution is -0.137. The van der Waals surface area contributed by atoms with E-state index >= 15 is 0 Å². The number of benzene rings is 1. The second-order valence-corrected chi connectivity index (χ2v) is 9.38. The highest BCUT2D eigenvalue weighted by atomic mass is 32.2. The molecule has 0 amide bonds. The van der Waals surface area contributed by atoms with Gasteiger partial charge in [0.15, 0.2) is 0 Å². The largest absolute Gasteiger partial charge is 0.493 e. The van der Waals surface area contributed by atoms with Crippen LogP contribution in [0.2, 0.25) is 0 Å². The summed E-state index contributed by atoms with van der Waals surface area (Å²) in [5.41, 5.74) is -1.23. The molecule has 32 heavy (non-hydrogen) atoms. The van der Waals surface area contributed by atoms with Gasteiger partial charge in [-0.2, -0.15) is 13.2 Å². The Balaban J connectivity index is 1.66. The van der Waals surface area contributed by atoms with Crippen LogP contribution in [-0.4, -0.2) is 39.3 Å². The summed E-state index contributed by atoms with van der Waals surface area (Å²) in [4.78, 5) is 3.13. The molecule has 1 fully saturated rings. The number of rotatable bonds is 5. The summed E-state index contributed by atoms with van der Waals surface area (Å²) in [5, 5.41) is 17.5. The van der Waals surface area contributed by atoms with Crippen molar-refractivity contribution in [1.29, 1.82) is 0 Å². The fourth-order valence-electron chi connectivity index (χ4n) is 3.92. The number of nitrogens with zero attached hydrogens (tertiary/aromatic N) is 4. The number of hydrogen-bond donors (Lipinski definition) is 2. The number of nitrogens with one attached hydrogen (secondary N) is 1. The molecule has 1 aliphatic rings. The fourth-order valence-corrected chi connectivity index (χ4v) is 5.28. The first kappa shape index (κ1) is 22.2. The van der Waals surface area contributed by atoms with Crippen molar-refractivity contribution in [3.8, 4) is 17.0 Å². The smallest absolute Gasteiger partial charge is 0.416 e. The van der Waals surface area contributed by atoms with Crippen LogP contribution in [-0.2, 0) is 16.2 Å². The van der Waals surface area contributed by atoms with Crippen LogP contribution in [0.1, 0.15) is 37.3 Å². The van der Waals surface area contributed by atoms with Gasteiger partial charge in [0.1, 0.15) is 12.7 Å². The van der Waals surface area contributed by atoms with E-state index in [-0.39, 0.29) is 17.2 Å². The molecule has 0 aliphatic heterocycles. The number of pyridine rings is 1. The maximum absolute atomic E-state index is 13.5. The van der Waals surface area contributed by atoms with Crippen LogP contribution in [0.5, 0.6) is 5.88 Å². The monoisotopic (exact) mass is 467 g/mol. The minimum atomic E-state index is -4.78. The number of sulfonamides is 1. The van der Waals surface area contributed by atoms with E-state index in [4.69, 9.17) is 0 Å². The SMILES string of the molecule is O=S(=O)(N[C@H]1CCC[C@@H](n2cnnc2)C1)c1cc(-c2cccnc2O)cc(C(F)(F)F)c1. The normalized spacial score (nSPS) is 19.7. The van der Waals surface area contributed by atoms with E-state index in [2.05, 4.69) is 19.9 Å². The molecule has 0 spiro atoms. The van der Waals surface area contributed by atoms with Crippen molar-refractivity contribution < 1.29 is 26.7 Å². The van der Waals surface area contributed by atoms with Crippen molar-refractivity contribution in [2.75, 3.05) is 0 Å². The van der Waals surface area contributed by atoms with E-state index in [9.17, 15) is 26.7 Å². The summed E-state index contributed by atoms with van der Waals surface area (Å²) >= 11 is 0. The molecule has 170 valence electrons. The van der Waals surface area contributed by atoms with Gasteiger partial charge in [-0.15, -0.1) is 10.2 Å². The zero-order valence-electron chi connectivity index (χ0n) is 16.7. The summed E-state index contributed by atoms with van der Waals surface area (Å²) < 4.78 is 71.0. The molecule has 1 aromatic carbocycles. The highest BCUT2D eigenvalue weighted by molar-refractivity contribution is 7.89. The number of hydrogen-bond acceptors (Lipinski definition) is 6. The standard InChI is InChI=1S/C20H20F3N5O3S/c21-20(22,23)14-7-13(18-5-2-6-24-19(18)29)8-17(9-14)32(30,31)27-15-3-1-4-16(10-15)28-11-25-26-12-28/h2,5-9,11-12,15-16,27H,1,3-4,10H2,(H,24,29)/t15-,16+/m0/s1. The average molecular weight is 467 g/mol. The van der Waals surface area contributed by atoms with Crippen LogP contribution in [0.3, 0.4) is 0 Å². The zero-order valence-corrected chi connectivity index (χ0v) is 17.5. The van der Waals surface area contributed by atoms with Crippen molar-refractivity contribution >= 4 is 10.0 Å². The lowest BCUT2D eigenvalue weighted by Gasteiger charge is -2.30. The molecule has 0 bridgehead atoms. The summed E-state index contributed by atoms with van der Waals surface area (Å²) in [6.07, 6.45) is 2.21. The Labute approximate surface area is 182 Å². The van der Waals surface area contributed by atoms with Crippen LogP contribution in [0.4, 0.5) is 13.2 Å². The Bertz CT molecular complexity index is 1200. The number of halogens is 3. The summed E-state index contributed by atoms with van der Waals surface area (Å²) in [6, 6.07) is 4.84. The predicted octanol–water partition coefficient (Wildman–Crippen LogP) is 3.53. The van der Waals surface area contributed by atoms with Gasteiger partial charge in [-0.25, -0.2) is 18.1 Å². The predicted molar refractivity (Wildman–Crippen MR) is 108 cm³/mol. The third-order valence-corrected chi connectivity index (χ3v) is 6.97. The van der Waals surface area contributed by atoms with Crippen molar-refractivity contribution in [3.63, 3.8) is 0 Å². The molecule has 0 unspecified atom stereocenters. The Morgan fingerprint density at radius 1 is 1.12 bits per heavy atom. The first-order chi connectivity index (χ1) is 15.1. The van der Waals surface area contributed by atoms with Crippen LogP contribution in [0, 0.1) is 0 Å². The zero-order chi connectivity index (χ0) is 22.9. The molecule has 2 heterocycles. The van der Waals surface area contributed by atoms with Crippen molar-refractivity contribution in [2.45, 2.75) is 48.8 Å². The van der Waals surface area contributed by atoms with Crippen molar-refractivity contribution in [2.24, 2.45) is 0 Å². The van der Waals surface area contributed by atoms with Crippen molar-refractivity contribution in [1.82, 2.24) is 24.5 Å². The topological polar surface area (TPSA) is 110 Å². The summed E-state index contributed by atoms with van der Waals surface area (Å²) in [6.45, 7) is 0. The van der Waals surface area contributed by atoms with Crippen LogP contribution in [0.25, 0.3) is 11.1 Å². The highest BCUT2D eigenvalue weighted by Gasteiger charge is 2.34. The van der Waals surface area contributed by atoms with E-state index in [0.717, 1.165) is 25.0 Å². The van der Waals surface area contributed by atoms with Gasteiger partial charge in [-0.1, -0.05) is 0 Å². The lowest BCUT2D eigenvalue weighted by Crippen LogP contribution is -2.38. The Morgan fingerprint density at radius 2 is 1.88 bits per heavy atom. The highest BCUT2D eigenvalue weighted by Crippen LogP contribution is 2.37. The van der Waals surface area contributed by atoms with Gasteiger partial charge in [0.25, 0.3) is 0 Å².